The molecule has 6 nitrogen and oxygen atoms in total. The standard InChI is InChI=1S/C15H22N2O4/c1-4-11(14(18)19)9-16-15(20)17-10(2)12-5-7-13(21-3)8-6-12/h5-8,10-11H,4,9H2,1-3H3,(H,18,19)(H2,16,17,20). The molecule has 2 atom stereocenters. The fraction of sp³-hybridized carbons (Fsp3) is 0.467. The van der Waals surface area contributed by atoms with E-state index in [0.29, 0.717) is 6.42 Å². The molecular formula is C15H22N2O4. The van der Waals surface area contributed by atoms with Crippen LogP contribution in [0.2, 0.25) is 0 Å². The summed E-state index contributed by atoms with van der Waals surface area (Å²) in [5.41, 5.74) is 0.941. The van der Waals surface area contributed by atoms with E-state index in [-0.39, 0.29) is 18.6 Å². The van der Waals surface area contributed by atoms with Crippen molar-refractivity contribution in [2.45, 2.75) is 26.3 Å². The van der Waals surface area contributed by atoms with Gasteiger partial charge in [0, 0.05) is 6.54 Å². The second-order valence-electron chi connectivity index (χ2n) is 4.79. The number of hydrogen-bond acceptors (Lipinski definition) is 3. The summed E-state index contributed by atoms with van der Waals surface area (Å²) in [5.74, 6) is -0.712. The van der Waals surface area contributed by atoms with E-state index in [1.165, 1.54) is 0 Å². The molecule has 1 aromatic rings. The minimum Gasteiger partial charge on any atom is -0.497 e. The topological polar surface area (TPSA) is 87.7 Å². The quantitative estimate of drug-likeness (QED) is 0.719. The zero-order chi connectivity index (χ0) is 15.8. The Morgan fingerprint density at radius 2 is 1.90 bits per heavy atom. The van der Waals surface area contributed by atoms with Crippen LogP contribution in [0, 0.1) is 5.92 Å². The molecule has 0 aliphatic carbocycles. The van der Waals surface area contributed by atoms with Crippen LogP contribution in [0.1, 0.15) is 31.9 Å². The number of carbonyl (C=O) groups is 2. The number of ether oxygens (including phenoxy) is 1. The van der Waals surface area contributed by atoms with Gasteiger partial charge in [0.05, 0.1) is 19.1 Å². The maximum atomic E-state index is 11.8. The molecule has 0 saturated carbocycles. The van der Waals surface area contributed by atoms with Crippen LogP contribution in [0.4, 0.5) is 4.79 Å². The number of rotatable bonds is 7. The number of nitrogens with one attached hydrogen (secondary N) is 2. The van der Waals surface area contributed by atoms with E-state index in [9.17, 15) is 9.59 Å². The van der Waals surface area contributed by atoms with Crippen molar-refractivity contribution < 1.29 is 19.4 Å². The monoisotopic (exact) mass is 294 g/mol. The molecule has 0 fully saturated rings. The Kier molecular flexibility index (Phi) is 6.52. The molecule has 21 heavy (non-hydrogen) atoms. The molecule has 0 heterocycles. The van der Waals surface area contributed by atoms with E-state index in [4.69, 9.17) is 9.84 Å². The van der Waals surface area contributed by atoms with E-state index in [1.54, 1.807) is 14.0 Å². The second kappa shape index (κ2) is 8.14. The van der Waals surface area contributed by atoms with E-state index >= 15 is 0 Å². The van der Waals surface area contributed by atoms with Crippen molar-refractivity contribution >= 4 is 12.0 Å². The van der Waals surface area contributed by atoms with Gasteiger partial charge in [-0.25, -0.2) is 4.79 Å². The molecule has 116 valence electrons. The minimum atomic E-state index is -0.902. The van der Waals surface area contributed by atoms with E-state index < -0.39 is 11.9 Å². The molecule has 0 aliphatic heterocycles. The summed E-state index contributed by atoms with van der Waals surface area (Å²) >= 11 is 0. The Balaban J connectivity index is 2.47. The molecule has 0 bridgehead atoms. The highest BCUT2D eigenvalue weighted by Gasteiger charge is 2.16. The first-order valence-corrected chi connectivity index (χ1v) is 6.89. The third-order valence-electron chi connectivity index (χ3n) is 3.31. The lowest BCUT2D eigenvalue weighted by atomic mass is 10.1. The first-order chi connectivity index (χ1) is 9.97. The van der Waals surface area contributed by atoms with E-state index in [2.05, 4.69) is 10.6 Å². The normalized spacial score (nSPS) is 13.1. The number of aliphatic carboxylic acids is 1. The zero-order valence-electron chi connectivity index (χ0n) is 12.6. The predicted octanol–water partition coefficient (Wildman–Crippen LogP) is 2.17. The molecule has 6 heteroatoms. The number of benzene rings is 1. The van der Waals surface area contributed by atoms with Crippen molar-refractivity contribution in [3.63, 3.8) is 0 Å². The average molecular weight is 294 g/mol. The average Bonchev–Trinajstić information content (AvgIpc) is 2.47. The van der Waals surface area contributed by atoms with Crippen LogP contribution in [0.3, 0.4) is 0 Å². The Bertz CT molecular complexity index is 473. The maximum absolute atomic E-state index is 11.8. The van der Waals surface area contributed by atoms with Crippen LogP contribution in [-0.2, 0) is 4.79 Å². The van der Waals surface area contributed by atoms with Crippen molar-refractivity contribution in [3.8, 4) is 5.75 Å². The number of hydrogen-bond donors (Lipinski definition) is 3. The molecule has 0 aromatic heterocycles. The van der Waals surface area contributed by atoms with E-state index in [1.807, 2.05) is 31.2 Å². The van der Waals surface area contributed by atoms with E-state index in [0.717, 1.165) is 11.3 Å². The molecular weight excluding hydrogens is 272 g/mol. The third kappa shape index (κ3) is 5.33. The number of carboxylic acids is 1. The fourth-order valence-corrected chi connectivity index (χ4v) is 1.85. The van der Waals surface area contributed by atoms with Gasteiger partial charge < -0.3 is 20.5 Å². The number of carbonyl (C=O) groups excluding carboxylic acids is 1. The van der Waals surface area contributed by atoms with Crippen LogP contribution >= 0.6 is 0 Å². The first kappa shape index (κ1) is 16.8. The predicted molar refractivity (Wildman–Crippen MR) is 79.4 cm³/mol. The van der Waals surface area contributed by atoms with Gasteiger partial charge in [-0.2, -0.15) is 0 Å². The van der Waals surface area contributed by atoms with Crippen molar-refractivity contribution in [2.75, 3.05) is 13.7 Å². The Labute approximate surface area is 124 Å². The van der Waals surface area contributed by atoms with Crippen LogP contribution < -0.4 is 15.4 Å². The summed E-state index contributed by atoms with van der Waals surface area (Å²) in [6.45, 7) is 3.75. The molecule has 2 unspecified atom stereocenters. The van der Waals surface area contributed by atoms with Crippen LogP contribution in [0.25, 0.3) is 0 Å². The van der Waals surface area contributed by atoms with Gasteiger partial charge >= 0.3 is 12.0 Å². The van der Waals surface area contributed by atoms with Gasteiger partial charge in [0.1, 0.15) is 5.75 Å². The van der Waals surface area contributed by atoms with Gasteiger partial charge in [0.2, 0.25) is 0 Å². The Hall–Kier alpha value is -2.24. The number of urea groups is 1. The summed E-state index contributed by atoms with van der Waals surface area (Å²) in [6, 6.07) is 6.83. The summed E-state index contributed by atoms with van der Waals surface area (Å²) in [5, 5.41) is 14.3. The van der Waals surface area contributed by atoms with Gasteiger partial charge in [-0.15, -0.1) is 0 Å². The van der Waals surface area contributed by atoms with Crippen molar-refractivity contribution in [3.05, 3.63) is 29.8 Å². The summed E-state index contributed by atoms with van der Waals surface area (Å²) in [4.78, 5) is 22.6. The molecule has 0 radical (unpaired) electrons. The van der Waals surface area contributed by atoms with Gasteiger partial charge in [-0.1, -0.05) is 19.1 Å². The molecule has 1 aromatic carbocycles. The molecule has 2 amide bonds. The van der Waals surface area contributed by atoms with Crippen LogP contribution in [0.5, 0.6) is 5.75 Å². The Morgan fingerprint density at radius 3 is 2.38 bits per heavy atom. The lowest BCUT2D eigenvalue weighted by molar-refractivity contribution is -0.141. The van der Waals surface area contributed by atoms with Crippen molar-refractivity contribution in [1.29, 1.82) is 0 Å². The highest BCUT2D eigenvalue weighted by atomic mass is 16.5. The number of carboxylic acid groups (broad SMARTS) is 1. The summed E-state index contributed by atoms with van der Waals surface area (Å²) < 4.78 is 5.07. The number of amides is 2. The lowest BCUT2D eigenvalue weighted by Gasteiger charge is -2.17. The lowest BCUT2D eigenvalue weighted by Crippen LogP contribution is -2.40. The zero-order valence-corrected chi connectivity index (χ0v) is 12.6. The Morgan fingerprint density at radius 1 is 1.29 bits per heavy atom. The van der Waals surface area contributed by atoms with Crippen LogP contribution in [-0.4, -0.2) is 30.8 Å². The smallest absolute Gasteiger partial charge is 0.315 e. The maximum Gasteiger partial charge on any atom is 0.315 e. The van der Waals surface area contributed by atoms with Gasteiger partial charge in [-0.05, 0) is 31.0 Å². The van der Waals surface area contributed by atoms with Crippen molar-refractivity contribution in [2.24, 2.45) is 5.92 Å². The van der Waals surface area contributed by atoms with Crippen molar-refractivity contribution in [1.82, 2.24) is 10.6 Å². The number of methoxy groups -OCH3 is 1. The molecule has 0 aliphatic rings. The third-order valence-corrected chi connectivity index (χ3v) is 3.31. The highest BCUT2D eigenvalue weighted by Crippen LogP contribution is 2.17. The van der Waals surface area contributed by atoms with Gasteiger partial charge in [0.15, 0.2) is 0 Å². The summed E-state index contributed by atoms with van der Waals surface area (Å²) in [7, 11) is 1.59. The molecule has 1 rings (SSSR count). The molecule has 0 spiro atoms. The minimum absolute atomic E-state index is 0.118. The first-order valence-electron chi connectivity index (χ1n) is 6.89. The fourth-order valence-electron chi connectivity index (χ4n) is 1.85. The molecule has 3 N–H and O–H groups in total. The second-order valence-corrected chi connectivity index (χ2v) is 4.79. The van der Waals surface area contributed by atoms with Gasteiger partial charge in [-0.3, -0.25) is 4.79 Å². The molecule has 0 saturated heterocycles. The SMILES string of the molecule is CCC(CNC(=O)NC(C)c1ccc(OC)cc1)C(=O)O. The van der Waals surface area contributed by atoms with Crippen LogP contribution in [0.15, 0.2) is 24.3 Å². The largest absolute Gasteiger partial charge is 0.497 e. The summed E-state index contributed by atoms with van der Waals surface area (Å²) in [6.07, 6.45) is 0.476. The highest BCUT2D eigenvalue weighted by molar-refractivity contribution is 5.76. The van der Waals surface area contributed by atoms with Gasteiger partial charge in [0.25, 0.3) is 0 Å².